The fourth-order valence-corrected chi connectivity index (χ4v) is 1.95. The predicted molar refractivity (Wildman–Crippen MR) is 78.2 cm³/mol. The molecule has 21 heavy (non-hydrogen) atoms. The normalized spacial score (nSPS) is 10.5. The lowest BCUT2D eigenvalue weighted by atomic mass is 10.2. The Balaban J connectivity index is 1.90. The second kappa shape index (κ2) is 5.16. The van der Waals surface area contributed by atoms with E-state index in [9.17, 15) is 10.1 Å². The van der Waals surface area contributed by atoms with Crippen LogP contribution in [0, 0.1) is 17.0 Å². The maximum atomic E-state index is 10.6. The van der Waals surface area contributed by atoms with Gasteiger partial charge in [0.2, 0.25) is 0 Å². The van der Waals surface area contributed by atoms with Crippen LogP contribution in [-0.4, -0.2) is 19.7 Å². The standard InChI is InChI=1S/C15H12N4O2/c1-11-2-6-13(7-3-11)18-10-16-15(17-18)12-4-8-14(9-5-12)19(20)21/h2-10H,1H3/i16+1,17+1,18+1. The van der Waals surface area contributed by atoms with E-state index >= 15 is 0 Å². The number of hydrogen-bond donors (Lipinski definition) is 0. The van der Waals surface area contributed by atoms with Gasteiger partial charge in [-0.2, -0.15) is 0 Å². The maximum Gasteiger partial charge on any atom is 0.269 e. The van der Waals surface area contributed by atoms with Gasteiger partial charge in [0, 0.05) is 17.7 Å². The highest BCUT2D eigenvalue weighted by molar-refractivity contribution is 5.57. The Morgan fingerprint density at radius 1 is 1.05 bits per heavy atom. The number of hydrogen-bond acceptors (Lipinski definition) is 4. The van der Waals surface area contributed by atoms with Crippen LogP contribution in [-0.2, 0) is 0 Å². The van der Waals surface area contributed by atoms with Crippen molar-refractivity contribution in [3.8, 4) is 17.1 Å². The molecule has 0 bridgehead atoms. The zero-order chi connectivity index (χ0) is 14.8. The highest BCUT2D eigenvalue weighted by Gasteiger charge is 2.08. The van der Waals surface area contributed by atoms with Gasteiger partial charge in [0.25, 0.3) is 5.69 Å². The molecule has 0 aliphatic rings. The maximum absolute atomic E-state index is 10.6. The Hall–Kier alpha value is -3.02. The van der Waals surface area contributed by atoms with Crippen LogP contribution in [0.1, 0.15) is 5.56 Å². The molecule has 0 saturated heterocycles. The molecule has 0 radical (unpaired) electrons. The Bertz CT molecular complexity index is 776. The predicted octanol–water partition coefficient (Wildman–Crippen LogP) is 3.15. The monoisotopic (exact) mass is 283 g/mol. The Kier molecular flexibility index (Phi) is 3.19. The second-order valence-corrected chi connectivity index (χ2v) is 4.65. The minimum absolute atomic E-state index is 0.0525. The minimum Gasteiger partial charge on any atom is -0.258 e. The summed E-state index contributed by atoms with van der Waals surface area (Å²) in [5.74, 6) is 0.533. The van der Waals surface area contributed by atoms with E-state index in [1.807, 2.05) is 31.2 Å². The van der Waals surface area contributed by atoms with E-state index in [1.165, 1.54) is 17.7 Å². The highest BCUT2D eigenvalue weighted by Crippen LogP contribution is 2.19. The summed E-state index contributed by atoms with van der Waals surface area (Å²) in [5, 5.41) is 15.0. The first-order valence-electron chi connectivity index (χ1n) is 6.37. The molecule has 0 aliphatic carbocycles. The lowest BCUT2D eigenvalue weighted by molar-refractivity contribution is -0.384. The van der Waals surface area contributed by atoms with Gasteiger partial charge in [-0.3, -0.25) is 10.1 Å². The number of aromatic nitrogens is 3. The van der Waals surface area contributed by atoms with Crippen LogP contribution >= 0.6 is 0 Å². The average molecular weight is 283 g/mol. The molecule has 1 heterocycles. The minimum atomic E-state index is -0.428. The summed E-state index contributed by atoms with van der Waals surface area (Å²) in [7, 11) is 0. The quantitative estimate of drug-likeness (QED) is 0.546. The first-order chi connectivity index (χ1) is 10.1. The molecule has 0 unspecified atom stereocenters. The van der Waals surface area contributed by atoms with Crippen molar-refractivity contribution in [2.75, 3.05) is 0 Å². The summed E-state index contributed by atoms with van der Waals surface area (Å²) >= 11 is 0. The summed E-state index contributed by atoms with van der Waals surface area (Å²) in [6.07, 6.45) is 1.63. The summed E-state index contributed by atoms with van der Waals surface area (Å²) in [6.45, 7) is 2.02. The number of rotatable bonds is 3. The van der Waals surface area contributed by atoms with Gasteiger partial charge < -0.3 is 0 Å². The lowest BCUT2D eigenvalue weighted by Crippen LogP contribution is -1.94. The summed E-state index contributed by atoms with van der Waals surface area (Å²) in [6, 6.07) is 14.1. The molecule has 3 rings (SSSR count). The van der Waals surface area contributed by atoms with Crippen molar-refractivity contribution in [1.29, 1.82) is 0 Å². The largest absolute Gasteiger partial charge is 0.269 e. The van der Waals surface area contributed by atoms with Crippen molar-refractivity contribution < 1.29 is 4.92 Å². The smallest absolute Gasteiger partial charge is 0.258 e. The summed E-state index contributed by atoms with van der Waals surface area (Å²) < 4.78 is 1.68. The van der Waals surface area contributed by atoms with E-state index in [-0.39, 0.29) is 5.69 Å². The van der Waals surface area contributed by atoms with Crippen LogP contribution in [0.25, 0.3) is 17.1 Å². The first-order valence-corrected chi connectivity index (χ1v) is 6.37. The topological polar surface area (TPSA) is 73.8 Å². The van der Waals surface area contributed by atoms with Gasteiger partial charge in [-0.15, -0.1) is 5.10 Å². The van der Waals surface area contributed by atoms with Crippen LogP contribution in [0.4, 0.5) is 5.69 Å². The van der Waals surface area contributed by atoms with Gasteiger partial charge in [0.05, 0.1) is 10.6 Å². The average Bonchev–Trinajstić information content (AvgIpc) is 2.98. The van der Waals surface area contributed by atoms with Gasteiger partial charge in [0.1, 0.15) is 6.33 Å². The number of non-ortho nitro benzene ring substituents is 1. The molecule has 6 nitrogen and oxygen atoms in total. The van der Waals surface area contributed by atoms with Crippen LogP contribution < -0.4 is 0 Å². The third-order valence-electron chi connectivity index (χ3n) is 3.13. The molecule has 0 saturated carbocycles. The highest BCUT2D eigenvalue weighted by atomic mass is 16.6. The van der Waals surface area contributed by atoms with Gasteiger partial charge in [-0.25, -0.2) is 9.67 Å². The van der Waals surface area contributed by atoms with Gasteiger partial charge in [-0.1, -0.05) is 17.7 Å². The zero-order valence-electron chi connectivity index (χ0n) is 11.3. The molecule has 0 aliphatic heterocycles. The Morgan fingerprint density at radius 2 is 1.71 bits per heavy atom. The van der Waals surface area contributed by atoms with Crippen LogP contribution in [0.5, 0.6) is 0 Å². The van der Waals surface area contributed by atoms with Gasteiger partial charge in [0.15, 0.2) is 5.82 Å². The lowest BCUT2D eigenvalue weighted by Gasteiger charge is -2.00. The van der Waals surface area contributed by atoms with Crippen molar-refractivity contribution >= 4 is 5.69 Å². The molecule has 0 amide bonds. The molecule has 1 aromatic heterocycles. The van der Waals surface area contributed by atoms with Crippen molar-refractivity contribution in [2.24, 2.45) is 0 Å². The fraction of sp³-hybridized carbons (Fsp3) is 0.0667. The molecule has 0 spiro atoms. The molecule has 0 atom stereocenters. The van der Waals surface area contributed by atoms with Crippen LogP contribution in [0.15, 0.2) is 54.9 Å². The molecule has 0 N–H and O–H groups in total. The molecular weight excluding hydrogens is 271 g/mol. The summed E-state index contributed by atoms with van der Waals surface area (Å²) in [5.41, 5.74) is 2.89. The van der Waals surface area contributed by atoms with Gasteiger partial charge >= 0.3 is 0 Å². The van der Waals surface area contributed by atoms with E-state index in [0.29, 0.717) is 5.82 Å². The molecule has 6 heteroatoms. The van der Waals surface area contributed by atoms with Crippen molar-refractivity contribution in [3.05, 3.63) is 70.5 Å². The van der Waals surface area contributed by atoms with Crippen molar-refractivity contribution in [1.82, 2.24) is 14.8 Å². The zero-order valence-corrected chi connectivity index (χ0v) is 11.3. The van der Waals surface area contributed by atoms with Crippen LogP contribution in [0.2, 0.25) is 0 Å². The molecule has 3 aromatic rings. The first kappa shape index (κ1) is 13.0. The van der Waals surface area contributed by atoms with Crippen LogP contribution in [0.3, 0.4) is 0 Å². The Morgan fingerprint density at radius 3 is 2.33 bits per heavy atom. The molecular formula is C15H12N4O2. The van der Waals surface area contributed by atoms with E-state index in [2.05, 4.69) is 10.1 Å². The number of nitrogens with zero attached hydrogens (tertiary/aromatic N) is 4. The van der Waals surface area contributed by atoms with E-state index in [4.69, 9.17) is 0 Å². The molecule has 2 aromatic carbocycles. The third-order valence-corrected chi connectivity index (χ3v) is 3.13. The second-order valence-electron chi connectivity index (χ2n) is 4.65. The Labute approximate surface area is 120 Å². The molecule has 0 fully saturated rings. The number of nitro groups is 1. The van der Waals surface area contributed by atoms with E-state index in [1.54, 1.807) is 23.1 Å². The summed E-state index contributed by atoms with van der Waals surface area (Å²) in [4.78, 5) is 14.4. The number of nitro benzene ring substituents is 1. The fourth-order valence-electron chi connectivity index (χ4n) is 1.95. The van der Waals surface area contributed by atoms with Gasteiger partial charge in [-0.05, 0) is 31.2 Å². The molecule has 104 valence electrons. The van der Waals surface area contributed by atoms with Crippen molar-refractivity contribution in [3.63, 3.8) is 0 Å². The van der Waals surface area contributed by atoms with Crippen molar-refractivity contribution in [2.45, 2.75) is 6.92 Å². The SMILES string of the molecule is Cc1ccc(-[15n]2c[15n]c(-c3ccc([N+](=O)[O-])cc3)[15n]2)cc1. The van der Waals surface area contributed by atoms with E-state index in [0.717, 1.165) is 11.3 Å². The third kappa shape index (κ3) is 2.64. The number of aryl methyl sites for hydroxylation is 1. The number of benzene rings is 2. The van der Waals surface area contributed by atoms with E-state index < -0.39 is 4.92 Å².